The summed E-state index contributed by atoms with van der Waals surface area (Å²) in [5.74, 6) is 0.323. The van der Waals surface area contributed by atoms with E-state index in [4.69, 9.17) is 4.84 Å². The summed E-state index contributed by atoms with van der Waals surface area (Å²) >= 11 is 0. The fraction of sp³-hybridized carbons (Fsp3) is 0.320. The molecule has 0 radical (unpaired) electrons. The van der Waals surface area contributed by atoms with Crippen molar-refractivity contribution in [2.45, 2.75) is 18.6 Å². The van der Waals surface area contributed by atoms with E-state index in [1.807, 2.05) is 30.3 Å². The number of hydrogen-bond acceptors (Lipinski definition) is 8. The second-order valence-electron chi connectivity index (χ2n) is 8.51. The van der Waals surface area contributed by atoms with Crippen LogP contribution < -0.4 is 20.6 Å². The van der Waals surface area contributed by atoms with Gasteiger partial charge in [0.15, 0.2) is 5.82 Å². The van der Waals surface area contributed by atoms with Gasteiger partial charge in [0.25, 0.3) is 0 Å². The molecule has 0 spiro atoms. The molecule has 3 heterocycles. The molecule has 1 unspecified atom stereocenters. The van der Waals surface area contributed by atoms with Crippen LogP contribution in [0.5, 0.6) is 0 Å². The van der Waals surface area contributed by atoms with Crippen molar-refractivity contribution in [1.82, 2.24) is 15.3 Å². The molecule has 2 aliphatic heterocycles. The van der Waals surface area contributed by atoms with Crippen LogP contribution in [0, 0.1) is 11.3 Å². The van der Waals surface area contributed by atoms with Gasteiger partial charge in [-0.25, -0.2) is 10.0 Å². The maximum atomic E-state index is 13.9. The molecule has 2 aliphatic rings. The number of hydroxylamine groups is 1. The molecule has 3 aromatic rings. The Hall–Kier alpha value is -3.88. The minimum absolute atomic E-state index is 0.0642. The van der Waals surface area contributed by atoms with Crippen LogP contribution in [-0.4, -0.2) is 42.8 Å². The van der Waals surface area contributed by atoms with Gasteiger partial charge in [0.1, 0.15) is 11.6 Å². The molecule has 36 heavy (non-hydrogen) atoms. The number of benzene rings is 2. The molecular weight excluding hydrogens is 471 g/mol. The van der Waals surface area contributed by atoms with Gasteiger partial charge in [-0.3, -0.25) is 4.84 Å². The Morgan fingerprint density at radius 2 is 1.89 bits per heavy atom. The van der Waals surface area contributed by atoms with E-state index in [1.54, 1.807) is 16.0 Å². The highest BCUT2D eigenvalue weighted by Crippen LogP contribution is 2.39. The second-order valence-corrected chi connectivity index (χ2v) is 8.51. The maximum absolute atomic E-state index is 13.9. The first-order valence-corrected chi connectivity index (χ1v) is 11.6. The standard InChI is InChI=1S/C25H24F3N7O/c26-25(27,28)20-14-19(6-7-22(20)34-11-9-30-10-12-34)32-24-31-16-18(15-29)23(33-24)35-21(8-13-36-35)17-4-2-1-3-5-17/h1-7,14,16,21,30H,8-13H2,(H,31,32,33). The van der Waals surface area contributed by atoms with E-state index < -0.39 is 11.7 Å². The molecule has 2 fully saturated rings. The first-order chi connectivity index (χ1) is 17.4. The van der Waals surface area contributed by atoms with E-state index >= 15 is 0 Å². The monoisotopic (exact) mass is 495 g/mol. The third-order valence-corrected chi connectivity index (χ3v) is 6.20. The zero-order valence-electron chi connectivity index (χ0n) is 19.3. The van der Waals surface area contributed by atoms with Gasteiger partial charge >= 0.3 is 6.18 Å². The SMILES string of the molecule is N#Cc1cnc(Nc2ccc(N3CCNCC3)c(C(F)(F)F)c2)nc1N1OCCC1c1ccccc1. The van der Waals surface area contributed by atoms with Gasteiger partial charge in [0, 0.05) is 44.0 Å². The van der Waals surface area contributed by atoms with E-state index in [2.05, 4.69) is 26.7 Å². The Labute approximate surface area is 206 Å². The molecule has 186 valence electrons. The summed E-state index contributed by atoms with van der Waals surface area (Å²) in [6, 6.07) is 15.7. The summed E-state index contributed by atoms with van der Waals surface area (Å²) < 4.78 is 41.8. The van der Waals surface area contributed by atoms with Crippen LogP contribution in [0.1, 0.15) is 29.2 Å². The predicted molar refractivity (Wildman–Crippen MR) is 129 cm³/mol. The first-order valence-electron chi connectivity index (χ1n) is 11.6. The van der Waals surface area contributed by atoms with Gasteiger partial charge in [-0.1, -0.05) is 30.3 Å². The maximum Gasteiger partial charge on any atom is 0.418 e. The molecule has 2 saturated heterocycles. The highest BCUT2D eigenvalue weighted by atomic mass is 19.4. The number of anilines is 4. The molecule has 0 bridgehead atoms. The van der Waals surface area contributed by atoms with E-state index in [9.17, 15) is 18.4 Å². The average Bonchev–Trinajstić information content (AvgIpc) is 3.39. The lowest BCUT2D eigenvalue weighted by atomic mass is 10.0. The van der Waals surface area contributed by atoms with Crippen LogP contribution in [0.4, 0.5) is 36.3 Å². The molecule has 0 amide bonds. The molecule has 2 aromatic carbocycles. The Bertz CT molecular complexity index is 1260. The number of hydrogen-bond donors (Lipinski definition) is 2. The fourth-order valence-corrected chi connectivity index (χ4v) is 4.49. The lowest BCUT2D eigenvalue weighted by Gasteiger charge is -2.31. The Morgan fingerprint density at radius 1 is 1.11 bits per heavy atom. The van der Waals surface area contributed by atoms with Crippen LogP contribution in [0.3, 0.4) is 0 Å². The summed E-state index contributed by atoms with van der Waals surface area (Å²) in [6.45, 7) is 2.69. The van der Waals surface area contributed by atoms with Crippen molar-refractivity contribution in [2.75, 3.05) is 48.1 Å². The van der Waals surface area contributed by atoms with Crippen LogP contribution in [0.2, 0.25) is 0 Å². The minimum atomic E-state index is -4.53. The van der Waals surface area contributed by atoms with Crippen molar-refractivity contribution in [3.63, 3.8) is 0 Å². The van der Waals surface area contributed by atoms with Crippen molar-refractivity contribution in [1.29, 1.82) is 5.26 Å². The van der Waals surface area contributed by atoms with Crippen molar-refractivity contribution in [2.24, 2.45) is 0 Å². The van der Waals surface area contributed by atoms with E-state index in [0.29, 0.717) is 39.2 Å². The number of aromatic nitrogens is 2. The lowest BCUT2D eigenvalue weighted by molar-refractivity contribution is -0.137. The van der Waals surface area contributed by atoms with Crippen LogP contribution in [-0.2, 0) is 11.0 Å². The number of nitrogens with one attached hydrogen (secondary N) is 2. The quantitative estimate of drug-likeness (QED) is 0.539. The zero-order valence-corrected chi connectivity index (χ0v) is 19.3. The van der Waals surface area contributed by atoms with E-state index in [1.165, 1.54) is 12.3 Å². The topological polar surface area (TPSA) is 89.3 Å². The third-order valence-electron chi connectivity index (χ3n) is 6.20. The molecule has 5 rings (SSSR count). The van der Waals surface area contributed by atoms with Gasteiger partial charge in [-0.05, 0) is 23.8 Å². The van der Waals surface area contributed by atoms with Crippen molar-refractivity contribution in [3.05, 3.63) is 71.4 Å². The largest absolute Gasteiger partial charge is 0.418 e. The zero-order chi connectivity index (χ0) is 25.1. The summed E-state index contributed by atoms with van der Waals surface area (Å²) in [6.07, 6.45) is -2.49. The molecule has 1 atom stereocenters. The van der Waals surface area contributed by atoms with Crippen LogP contribution >= 0.6 is 0 Å². The number of nitriles is 1. The molecule has 11 heteroatoms. The third kappa shape index (κ3) is 4.91. The molecule has 0 saturated carbocycles. The number of nitrogens with zero attached hydrogens (tertiary/aromatic N) is 5. The van der Waals surface area contributed by atoms with Crippen molar-refractivity contribution >= 4 is 23.1 Å². The minimum Gasteiger partial charge on any atom is -0.368 e. The van der Waals surface area contributed by atoms with Gasteiger partial charge in [0.05, 0.1) is 24.4 Å². The molecule has 8 nitrogen and oxygen atoms in total. The smallest absolute Gasteiger partial charge is 0.368 e. The first kappa shape index (κ1) is 23.8. The summed E-state index contributed by atoms with van der Waals surface area (Å²) in [5, 5.41) is 17.2. The number of alkyl halides is 3. The molecular formula is C25H24F3N7O. The second kappa shape index (κ2) is 10.0. The fourth-order valence-electron chi connectivity index (χ4n) is 4.49. The normalized spacial score (nSPS) is 18.2. The molecule has 1 aromatic heterocycles. The van der Waals surface area contributed by atoms with E-state index in [-0.39, 0.29) is 34.7 Å². The molecule has 2 N–H and O–H groups in total. The highest BCUT2D eigenvalue weighted by Gasteiger charge is 2.36. The highest BCUT2D eigenvalue weighted by molar-refractivity contribution is 5.66. The van der Waals surface area contributed by atoms with E-state index in [0.717, 1.165) is 11.6 Å². The number of piperazine rings is 1. The predicted octanol–water partition coefficient (Wildman–Crippen LogP) is 4.40. The summed E-state index contributed by atoms with van der Waals surface area (Å²) in [7, 11) is 0. The Balaban J connectivity index is 1.45. The Kier molecular flexibility index (Phi) is 6.63. The Morgan fingerprint density at radius 3 is 2.61 bits per heavy atom. The van der Waals surface area contributed by atoms with Crippen molar-refractivity contribution in [3.8, 4) is 6.07 Å². The number of rotatable bonds is 5. The molecule has 0 aliphatic carbocycles. The van der Waals surface area contributed by atoms with Crippen LogP contribution in [0.25, 0.3) is 0 Å². The van der Waals surface area contributed by atoms with Gasteiger partial charge in [0.2, 0.25) is 5.95 Å². The van der Waals surface area contributed by atoms with Crippen molar-refractivity contribution < 1.29 is 18.0 Å². The summed E-state index contributed by atoms with van der Waals surface area (Å²) in [4.78, 5) is 16.1. The van der Waals surface area contributed by atoms with Crippen LogP contribution in [0.15, 0.2) is 54.7 Å². The average molecular weight is 496 g/mol. The van der Waals surface area contributed by atoms with Gasteiger partial charge in [-0.2, -0.15) is 23.4 Å². The lowest BCUT2D eigenvalue weighted by Crippen LogP contribution is -2.44. The number of halogens is 3. The van der Waals surface area contributed by atoms with Gasteiger partial charge in [-0.15, -0.1) is 0 Å². The van der Waals surface area contributed by atoms with Gasteiger partial charge < -0.3 is 15.5 Å². The summed E-state index contributed by atoms with van der Waals surface area (Å²) in [5.41, 5.74) is 0.819.